The molecule has 0 bridgehead atoms. The molecular formula is C25H31N7O2. The minimum atomic E-state index is -0.416. The fourth-order valence-corrected chi connectivity index (χ4v) is 2.86. The van der Waals surface area contributed by atoms with Crippen LogP contribution in [0.15, 0.2) is 47.2 Å². The van der Waals surface area contributed by atoms with Gasteiger partial charge in [-0.15, -0.1) is 0 Å². The van der Waals surface area contributed by atoms with Gasteiger partial charge in [-0.2, -0.15) is 0 Å². The fourth-order valence-electron chi connectivity index (χ4n) is 2.86. The van der Waals surface area contributed by atoms with E-state index in [-0.39, 0.29) is 5.41 Å². The first kappa shape index (κ1) is 24.7. The zero-order valence-electron chi connectivity index (χ0n) is 20.3. The van der Waals surface area contributed by atoms with Crippen LogP contribution in [0.25, 0.3) is 0 Å². The molecule has 2 aromatic heterocycles. The van der Waals surface area contributed by atoms with Gasteiger partial charge in [-0.1, -0.05) is 43.8 Å². The van der Waals surface area contributed by atoms with Gasteiger partial charge >= 0.3 is 6.03 Å². The lowest BCUT2D eigenvalue weighted by Gasteiger charge is -2.12. The van der Waals surface area contributed by atoms with Gasteiger partial charge in [0.2, 0.25) is 5.95 Å². The van der Waals surface area contributed by atoms with E-state index in [2.05, 4.69) is 47.8 Å². The van der Waals surface area contributed by atoms with Crippen molar-refractivity contribution in [3.05, 3.63) is 59.6 Å². The number of aromatic nitrogens is 3. The van der Waals surface area contributed by atoms with Crippen LogP contribution in [0, 0.1) is 11.8 Å². The second-order valence-electron chi connectivity index (χ2n) is 9.12. The SMILES string of the molecule is CN(C)CCCNc1ncc(C#Cc2cccc(NC(=O)Nc3cc(C(C)(C)C)on3)c2)cn1. The third-order valence-electron chi connectivity index (χ3n) is 4.68. The summed E-state index contributed by atoms with van der Waals surface area (Å²) in [7, 11) is 4.09. The summed E-state index contributed by atoms with van der Waals surface area (Å²) in [6, 6.07) is 8.57. The molecule has 34 heavy (non-hydrogen) atoms. The standard InChI is InChI=1S/C25H31N7O2/c1-25(2,3)21-15-22(31-34-21)30-24(33)29-20-9-6-8-18(14-20)10-11-19-16-27-23(28-17-19)26-12-7-13-32(4)5/h6,8-9,14-17H,7,12-13H2,1-5H3,(H,26,27,28)(H2,29,30,31,33). The molecular weight excluding hydrogens is 430 g/mol. The number of urea groups is 1. The summed E-state index contributed by atoms with van der Waals surface area (Å²) in [5.41, 5.74) is 1.87. The lowest BCUT2D eigenvalue weighted by molar-refractivity contribution is 0.262. The molecule has 2 amide bonds. The maximum absolute atomic E-state index is 12.3. The van der Waals surface area contributed by atoms with Crippen molar-refractivity contribution in [1.82, 2.24) is 20.0 Å². The maximum Gasteiger partial charge on any atom is 0.324 e. The molecule has 178 valence electrons. The van der Waals surface area contributed by atoms with E-state index in [0.717, 1.165) is 25.1 Å². The number of amides is 2. The van der Waals surface area contributed by atoms with Crippen molar-refractivity contribution in [1.29, 1.82) is 0 Å². The Morgan fingerprint density at radius 2 is 1.79 bits per heavy atom. The van der Waals surface area contributed by atoms with Crippen LogP contribution >= 0.6 is 0 Å². The summed E-state index contributed by atoms with van der Waals surface area (Å²) in [5, 5.41) is 12.5. The molecule has 1 aromatic carbocycles. The third-order valence-corrected chi connectivity index (χ3v) is 4.68. The van der Waals surface area contributed by atoms with E-state index in [9.17, 15) is 4.79 Å². The van der Waals surface area contributed by atoms with Crippen molar-refractivity contribution in [2.24, 2.45) is 0 Å². The molecule has 0 fully saturated rings. The highest BCUT2D eigenvalue weighted by Gasteiger charge is 2.20. The minimum absolute atomic E-state index is 0.190. The Morgan fingerprint density at radius 1 is 1.06 bits per heavy atom. The summed E-state index contributed by atoms with van der Waals surface area (Å²) in [4.78, 5) is 23.1. The molecule has 0 aliphatic carbocycles. The average Bonchev–Trinajstić information content (AvgIpc) is 3.25. The molecule has 2 heterocycles. The first-order valence-electron chi connectivity index (χ1n) is 11.1. The van der Waals surface area contributed by atoms with Gasteiger partial charge in [-0.3, -0.25) is 5.32 Å². The molecule has 0 aliphatic heterocycles. The van der Waals surface area contributed by atoms with E-state index >= 15 is 0 Å². The molecule has 0 radical (unpaired) electrons. The largest absolute Gasteiger partial charge is 0.359 e. The van der Waals surface area contributed by atoms with E-state index in [1.54, 1.807) is 30.6 Å². The Bertz CT molecular complexity index is 1150. The van der Waals surface area contributed by atoms with E-state index < -0.39 is 6.03 Å². The van der Waals surface area contributed by atoms with Crippen LogP contribution in [0.3, 0.4) is 0 Å². The predicted octanol–water partition coefficient (Wildman–Crippen LogP) is 4.17. The van der Waals surface area contributed by atoms with Crippen LogP contribution in [0.4, 0.5) is 22.2 Å². The van der Waals surface area contributed by atoms with Gasteiger partial charge in [0, 0.05) is 41.7 Å². The lowest BCUT2D eigenvalue weighted by Crippen LogP contribution is -2.19. The number of hydrogen-bond acceptors (Lipinski definition) is 7. The monoisotopic (exact) mass is 461 g/mol. The predicted molar refractivity (Wildman–Crippen MR) is 134 cm³/mol. The van der Waals surface area contributed by atoms with Crippen molar-refractivity contribution in [2.45, 2.75) is 32.6 Å². The van der Waals surface area contributed by atoms with E-state index in [4.69, 9.17) is 4.52 Å². The molecule has 3 rings (SSSR count). The van der Waals surface area contributed by atoms with Gasteiger partial charge in [-0.05, 0) is 45.3 Å². The molecule has 0 saturated carbocycles. The highest BCUT2D eigenvalue weighted by Crippen LogP contribution is 2.24. The van der Waals surface area contributed by atoms with Crippen LogP contribution < -0.4 is 16.0 Å². The van der Waals surface area contributed by atoms with Gasteiger partial charge in [0.15, 0.2) is 5.82 Å². The smallest absolute Gasteiger partial charge is 0.324 e. The number of hydrogen-bond donors (Lipinski definition) is 3. The molecule has 0 aliphatic rings. The number of carbonyl (C=O) groups is 1. The van der Waals surface area contributed by atoms with E-state index in [0.29, 0.717) is 28.8 Å². The van der Waals surface area contributed by atoms with Crippen LogP contribution in [0.5, 0.6) is 0 Å². The number of nitrogens with one attached hydrogen (secondary N) is 3. The Kier molecular flexibility index (Phi) is 8.22. The molecule has 0 spiro atoms. The van der Waals surface area contributed by atoms with Gasteiger partial charge in [0.05, 0.1) is 5.56 Å². The second kappa shape index (κ2) is 11.3. The van der Waals surface area contributed by atoms with Crippen LogP contribution in [-0.4, -0.2) is 53.2 Å². The fraction of sp³-hybridized carbons (Fsp3) is 0.360. The first-order valence-corrected chi connectivity index (χ1v) is 11.1. The van der Waals surface area contributed by atoms with Gasteiger partial charge in [0.25, 0.3) is 0 Å². The van der Waals surface area contributed by atoms with Gasteiger partial charge in [0.1, 0.15) is 5.76 Å². The summed E-state index contributed by atoms with van der Waals surface area (Å²) in [6.07, 6.45) is 4.39. The highest BCUT2D eigenvalue weighted by molar-refractivity contribution is 5.99. The Morgan fingerprint density at radius 3 is 2.47 bits per heavy atom. The molecule has 0 unspecified atom stereocenters. The Labute approximate surface area is 200 Å². The van der Waals surface area contributed by atoms with Crippen molar-refractivity contribution >= 4 is 23.5 Å². The average molecular weight is 462 g/mol. The normalized spacial score (nSPS) is 11.0. The zero-order valence-corrected chi connectivity index (χ0v) is 20.3. The maximum atomic E-state index is 12.3. The number of rotatable bonds is 7. The summed E-state index contributed by atoms with van der Waals surface area (Å²) < 4.78 is 5.29. The highest BCUT2D eigenvalue weighted by atomic mass is 16.5. The molecule has 9 nitrogen and oxygen atoms in total. The summed E-state index contributed by atoms with van der Waals surface area (Å²) in [6.45, 7) is 7.84. The number of benzene rings is 1. The lowest BCUT2D eigenvalue weighted by atomic mass is 9.93. The number of nitrogens with zero attached hydrogens (tertiary/aromatic N) is 4. The van der Waals surface area contributed by atoms with E-state index in [1.165, 1.54) is 0 Å². The molecule has 3 aromatic rings. The molecule has 0 saturated heterocycles. The second-order valence-corrected chi connectivity index (χ2v) is 9.12. The zero-order chi connectivity index (χ0) is 24.6. The summed E-state index contributed by atoms with van der Waals surface area (Å²) in [5.74, 6) is 7.75. The molecule has 9 heteroatoms. The van der Waals surface area contributed by atoms with Crippen molar-refractivity contribution in [2.75, 3.05) is 43.1 Å². The Hall–Kier alpha value is -3.90. The first-order chi connectivity index (χ1) is 16.2. The minimum Gasteiger partial charge on any atom is -0.359 e. The summed E-state index contributed by atoms with van der Waals surface area (Å²) >= 11 is 0. The van der Waals surface area contributed by atoms with Gasteiger partial charge in [-0.25, -0.2) is 14.8 Å². The van der Waals surface area contributed by atoms with Crippen molar-refractivity contribution < 1.29 is 9.32 Å². The Balaban J connectivity index is 1.54. The topological polar surface area (TPSA) is 108 Å². The molecule has 0 atom stereocenters. The quantitative estimate of drug-likeness (QED) is 0.358. The van der Waals surface area contributed by atoms with Crippen LogP contribution in [-0.2, 0) is 5.41 Å². The third kappa shape index (κ3) is 7.90. The van der Waals surface area contributed by atoms with E-state index in [1.807, 2.05) is 47.0 Å². The number of anilines is 3. The van der Waals surface area contributed by atoms with Crippen LogP contribution in [0.2, 0.25) is 0 Å². The van der Waals surface area contributed by atoms with Gasteiger partial charge < -0.3 is 20.1 Å². The van der Waals surface area contributed by atoms with Crippen molar-refractivity contribution in [3.63, 3.8) is 0 Å². The van der Waals surface area contributed by atoms with Crippen molar-refractivity contribution in [3.8, 4) is 11.8 Å². The van der Waals surface area contributed by atoms with Crippen LogP contribution in [0.1, 0.15) is 44.1 Å². The molecule has 3 N–H and O–H groups in total. The number of carbonyl (C=O) groups excluding carboxylic acids is 1.